The van der Waals surface area contributed by atoms with E-state index in [2.05, 4.69) is 10.2 Å². The lowest BCUT2D eigenvalue weighted by atomic mass is 10.1. The Kier molecular flexibility index (Phi) is 5.18. The molecule has 0 bridgehead atoms. The van der Waals surface area contributed by atoms with Gasteiger partial charge in [-0.15, -0.1) is 10.2 Å². The first-order valence-electron chi connectivity index (χ1n) is 11.4. The van der Waals surface area contributed by atoms with E-state index in [4.69, 9.17) is 4.74 Å². The largest absolute Gasteiger partial charge is 0.493 e. The van der Waals surface area contributed by atoms with Crippen molar-refractivity contribution in [2.24, 2.45) is 0 Å². The number of ether oxygens (including phenoxy) is 1. The Morgan fingerprint density at radius 1 is 1.03 bits per heavy atom. The number of hydrogen-bond donors (Lipinski definition) is 0. The number of Topliss-reactive ketones (excluding diaryl/α,β-unsaturated/α-hetero) is 1. The maximum absolute atomic E-state index is 13.6. The van der Waals surface area contributed by atoms with Gasteiger partial charge in [-0.05, 0) is 60.9 Å². The van der Waals surface area contributed by atoms with Crippen LogP contribution in [0.25, 0.3) is 22.4 Å². The molecule has 0 atom stereocenters. The smallest absolute Gasteiger partial charge is 0.267 e. The minimum absolute atomic E-state index is 0.00817. The third-order valence-electron chi connectivity index (χ3n) is 6.40. The number of thioether (sulfide) groups is 1. The van der Waals surface area contributed by atoms with Gasteiger partial charge < -0.3 is 4.74 Å². The molecular weight excluding hydrogens is 460 g/mol. The summed E-state index contributed by atoms with van der Waals surface area (Å²) in [7, 11) is 0. The molecule has 0 N–H and O–H groups in total. The number of hydrogen-bond acceptors (Lipinski definition) is 6. The molecule has 0 saturated carbocycles. The molecule has 3 heterocycles. The van der Waals surface area contributed by atoms with E-state index in [1.807, 2.05) is 78.9 Å². The van der Waals surface area contributed by atoms with Crippen molar-refractivity contribution >= 4 is 34.2 Å². The molecule has 0 fully saturated rings. The Morgan fingerprint density at radius 2 is 1.83 bits per heavy atom. The molecule has 35 heavy (non-hydrogen) atoms. The number of rotatable bonds is 5. The van der Waals surface area contributed by atoms with Gasteiger partial charge in [0.05, 0.1) is 29.0 Å². The highest BCUT2D eigenvalue weighted by Crippen LogP contribution is 2.28. The highest BCUT2D eigenvalue weighted by molar-refractivity contribution is 7.99. The second kappa shape index (κ2) is 8.39. The molecule has 8 heteroatoms. The molecule has 0 amide bonds. The van der Waals surface area contributed by atoms with E-state index >= 15 is 0 Å². The first-order valence-corrected chi connectivity index (χ1v) is 12.4. The zero-order valence-corrected chi connectivity index (χ0v) is 20.1. The van der Waals surface area contributed by atoms with E-state index < -0.39 is 0 Å². The van der Waals surface area contributed by atoms with Gasteiger partial charge in [0.15, 0.2) is 10.9 Å². The van der Waals surface area contributed by atoms with E-state index in [0.29, 0.717) is 34.0 Å². The van der Waals surface area contributed by atoms with Crippen molar-refractivity contribution in [3.8, 4) is 11.4 Å². The van der Waals surface area contributed by atoms with Gasteiger partial charge in [-0.25, -0.2) is 4.57 Å². The van der Waals surface area contributed by atoms with Gasteiger partial charge in [-0.1, -0.05) is 42.1 Å². The number of aryl methyl sites for hydroxylation is 2. The Morgan fingerprint density at radius 3 is 2.66 bits per heavy atom. The average Bonchev–Trinajstić information content (AvgIpc) is 3.51. The van der Waals surface area contributed by atoms with Crippen molar-refractivity contribution in [3.05, 3.63) is 93.3 Å². The molecule has 5 aromatic rings. The van der Waals surface area contributed by atoms with Gasteiger partial charge >= 0.3 is 0 Å². The Hall–Kier alpha value is -3.91. The van der Waals surface area contributed by atoms with Gasteiger partial charge in [0, 0.05) is 12.0 Å². The van der Waals surface area contributed by atoms with Gasteiger partial charge in [-0.3, -0.25) is 14.0 Å². The van der Waals surface area contributed by atoms with Crippen molar-refractivity contribution in [3.63, 3.8) is 0 Å². The Bertz CT molecular complexity index is 1680. The number of ketones is 1. The summed E-state index contributed by atoms with van der Waals surface area (Å²) < 4.78 is 9.05. The zero-order valence-electron chi connectivity index (χ0n) is 19.3. The molecular formula is C27H22N4O3S. The maximum atomic E-state index is 13.6. The molecule has 2 aromatic heterocycles. The number of para-hydroxylation sites is 2. The lowest BCUT2D eigenvalue weighted by Gasteiger charge is -2.15. The van der Waals surface area contributed by atoms with Crippen LogP contribution < -0.4 is 10.3 Å². The number of fused-ring (bicyclic) bond motifs is 4. The molecule has 7 nitrogen and oxygen atoms in total. The summed E-state index contributed by atoms with van der Waals surface area (Å²) in [6, 6.07) is 19.0. The normalized spacial score (nSPS) is 12.7. The first kappa shape index (κ1) is 21.6. The fourth-order valence-electron chi connectivity index (χ4n) is 4.71. The van der Waals surface area contributed by atoms with Crippen molar-refractivity contribution in [1.29, 1.82) is 0 Å². The predicted octanol–water partition coefficient (Wildman–Crippen LogP) is 4.56. The van der Waals surface area contributed by atoms with E-state index in [9.17, 15) is 9.59 Å². The summed E-state index contributed by atoms with van der Waals surface area (Å²) in [5, 5.41) is 9.94. The summed E-state index contributed by atoms with van der Waals surface area (Å²) in [5.41, 5.74) is 5.03. The van der Waals surface area contributed by atoms with Crippen LogP contribution in [0.1, 0.15) is 27.0 Å². The van der Waals surface area contributed by atoms with Crippen LogP contribution in [-0.4, -0.2) is 37.3 Å². The molecule has 0 unspecified atom stereocenters. The standard InChI is InChI=1S/C27H22N4O3S/c1-16-6-5-7-17(2)24(16)31-25(33)20-8-3-4-9-21(20)30-26(31)28-29-27(30)35-15-22(32)18-10-11-23-19(14-18)12-13-34-23/h3-11,14H,12-13,15H2,1-2H3. The number of benzene rings is 3. The van der Waals surface area contributed by atoms with Crippen LogP contribution in [0.3, 0.4) is 0 Å². The minimum Gasteiger partial charge on any atom is -0.493 e. The highest BCUT2D eigenvalue weighted by Gasteiger charge is 2.21. The SMILES string of the molecule is Cc1cccc(C)c1-n1c(=O)c2ccccc2n2c(SCC(=O)c3ccc4c(c3)CCO4)nnc12. The van der Waals surface area contributed by atoms with Crippen LogP contribution in [0, 0.1) is 13.8 Å². The first-order chi connectivity index (χ1) is 17.0. The zero-order chi connectivity index (χ0) is 24.1. The number of aromatic nitrogens is 4. The number of nitrogens with zero attached hydrogens (tertiary/aromatic N) is 4. The molecule has 0 aliphatic carbocycles. The molecule has 0 radical (unpaired) electrons. The molecule has 1 aliphatic heterocycles. The van der Waals surface area contributed by atoms with Crippen LogP contribution in [0.5, 0.6) is 5.75 Å². The van der Waals surface area contributed by atoms with E-state index in [0.717, 1.165) is 34.5 Å². The van der Waals surface area contributed by atoms with E-state index in [1.54, 1.807) is 4.57 Å². The Balaban J connectivity index is 1.46. The van der Waals surface area contributed by atoms with Gasteiger partial charge in [-0.2, -0.15) is 0 Å². The van der Waals surface area contributed by atoms with Crippen molar-refractivity contribution in [2.45, 2.75) is 25.4 Å². The van der Waals surface area contributed by atoms with Gasteiger partial charge in [0.1, 0.15) is 5.75 Å². The summed E-state index contributed by atoms with van der Waals surface area (Å²) in [5.74, 6) is 1.50. The van der Waals surface area contributed by atoms with E-state index in [-0.39, 0.29) is 17.1 Å². The van der Waals surface area contributed by atoms with Crippen LogP contribution in [0.2, 0.25) is 0 Å². The monoisotopic (exact) mass is 482 g/mol. The molecule has 0 spiro atoms. The van der Waals surface area contributed by atoms with Crippen molar-refractivity contribution in [1.82, 2.24) is 19.2 Å². The molecule has 6 rings (SSSR count). The molecule has 0 saturated heterocycles. The summed E-state index contributed by atoms with van der Waals surface area (Å²) in [6.07, 6.45) is 0.820. The third kappa shape index (κ3) is 3.52. The fourth-order valence-corrected chi connectivity index (χ4v) is 5.54. The van der Waals surface area contributed by atoms with E-state index in [1.165, 1.54) is 11.8 Å². The number of carbonyl (C=O) groups excluding carboxylic acids is 1. The van der Waals surface area contributed by atoms with Crippen LogP contribution >= 0.6 is 11.8 Å². The van der Waals surface area contributed by atoms with Gasteiger partial charge in [0.2, 0.25) is 5.78 Å². The molecule has 1 aliphatic rings. The van der Waals surface area contributed by atoms with Crippen LogP contribution in [-0.2, 0) is 6.42 Å². The third-order valence-corrected chi connectivity index (χ3v) is 7.33. The predicted molar refractivity (Wildman–Crippen MR) is 136 cm³/mol. The topological polar surface area (TPSA) is 78.5 Å². The summed E-state index contributed by atoms with van der Waals surface area (Å²) in [6.45, 7) is 4.61. The summed E-state index contributed by atoms with van der Waals surface area (Å²) >= 11 is 1.32. The second-order valence-electron chi connectivity index (χ2n) is 8.65. The summed E-state index contributed by atoms with van der Waals surface area (Å²) in [4.78, 5) is 26.6. The minimum atomic E-state index is -0.147. The van der Waals surface area contributed by atoms with Crippen LogP contribution in [0.15, 0.2) is 70.6 Å². The lowest BCUT2D eigenvalue weighted by Crippen LogP contribution is -2.23. The van der Waals surface area contributed by atoms with Crippen LogP contribution in [0.4, 0.5) is 0 Å². The molecule has 174 valence electrons. The average molecular weight is 483 g/mol. The van der Waals surface area contributed by atoms with Crippen molar-refractivity contribution in [2.75, 3.05) is 12.4 Å². The fraction of sp³-hybridized carbons (Fsp3) is 0.185. The highest BCUT2D eigenvalue weighted by atomic mass is 32.2. The number of carbonyl (C=O) groups is 1. The van der Waals surface area contributed by atoms with Gasteiger partial charge in [0.25, 0.3) is 5.56 Å². The van der Waals surface area contributed by atoms with Crippen molar-refractivity contribution < 1.29 is 9.53 Å². The second-order valence-corrected chi connectivity index (χ2v) is 9.59. The Labute approximate surface area is 205 Å². The quantitative estimate of drug-likeness (QED) is 0.270. The lowest BCUT2D eigenvalue weighted by molar-refractivity contribution is 0.102. The maximum Gasteiger partial charge on any atom is 0.267 e. The molecule has 3 aromatic carbocycles.